The Morgan fingerprint density at radius 2 is 2.06 bits per heavy atom. The number of hydrogen-bond donors (Lipinski definition) is 1. The molecule has 17 heavy (non-hydrogen) atoms. The van der Waals surface area contributed by atoms with Gasteiger partial charge in [-0.2, -0.15) is 0 Å². The highest BCUT2D eigenvalue weighted by atomic mass is 16.5. The minimum Gasteiger partial charge on any atom is -0.494 e. The fourth-order valence-electron chi connectivity index (χ4n) is 1.96. The molecule has 0 aliphatic carbocycles. The molecule has 0 amide bonds. The molecule has 2 N–H and O–H groups in total. The molecule has 1 unspecified atom stereocenters. The molecule has 2 nitrogen and oxygen atoms in total. The second kappa shape index (κ2) is 7.33. The Hall–Kier alpha value is -1.02. The minimum atomic E-state index is 0.292. The SMILES string of the molecule is CCOc1ccc(CC)cc1CCCC(C)N. The maximum absolute atomic E-state index is 5.78. The highest BCUT2D eigenvalue weighted by Gasteiger charge is 2.05. The van der Waals surface area contributed by atoms with Gasteiger partial charge in [0.2, 0.25) is 0 Å². The second-order valence-electron chi connectivity index (χ2n) is 4.60. The number of ether oxygens (including phenoxy) is 1. The van der Waals surface area contributed by atoms with E-state index >= 15 is 0 Å². The maximum Gasteiger partial charge on any atom is 0.122 e. The number of benzene rings is 1. The van der Waals surface area contributed by atoms with E-state index in [4.69, 9.17) is 10.5 Å². The van der Waals surface area contributed by atoms with Gasteiger partial charge in [0.1, 0.15) is 5.75 Å². The lowest BCUT2D eigenvalue weighted by atomic mass is 10.0. The summed E-state index contributed by atoms with van der Waals surface area (Å²) in [6.45, 7) is 7.00. The number of rotatable bonds is 7. The zero-order valence-corrected chi connectivity index (χ0v) is 11.3. The molecule has 1 aromatic rings. The molecular weight excluding hydrogens is 210 g/mol. The van der Waals surface area contributed by atoms with Crippen LogP contribution in [0.25, 0.3) is 0 Å². The van der Waals surface area contributed by atoms with E-state index in [9.17, 15) is 0 Å². The topological polar surface area (TPSA) is 35.2 Å². The summed E-state index contributed by atoms with van der Waals surface area (Å²) < 4.78 is 5.66. The van der Waals surface area contributed by atoms with Crippen LogP contribution >= 0.6 is 0 Å². The summed E-state index contributed by atoms with van der Waals surface area (Å²) in [7, 11) is 0. The van der Waals surface area contributed by atoms with Gasteiger partial charge in [-0.15, -0.1) is 0 Å². The van der Waals surface area contributed by atoms with Gasteiger partial charge in [0.05, 0.1) is 6.61 Å². The average molecular weight is 235 g/mol. The minimum absolute atomic E-state index is 0.292. The first-order valence-electron chi connectivity index (χ1n) is 6.67. The molecule has 0 heterocycles. The second-order valence-corrected chi connectivity index (χ2v) is 4.60. The Morgan fingerprint density at radius 3 is 2.65 bits per heavy atom. The van der Waals surface area contributed by atoms with Crippen molar-refractivity contribution in [2.75, 3.05) is 6.61 Å². The Morgan fingerprint density at radius 1 is 1.29 bits per heavy atom. The number of nitrogens with two attached hydrogens (primary N) is 1. The fraction of sp³-hybridized carbons (Fsp3) is 0.600. The van der Waals surface area contributed by atoms with Gasteiger partial charge in [-0.1, -0.05) is 19.1 Å². The largest absolute Gasteiger partial charge is 0.494 e. The van der Waals surface area contributed by atoms with E-state index in [1.54, 1.807) is 0 Å². The van der Waals surface area contributed by atoms with Crippen LogP contribution in [0.15, 0.2) is 18.2 Å². The predicted octanol–water partition coefficient (Wildman–Crippen LogP) is 3.32. The summed E-state index contributed by atoms with van der Waals surface area (Å²) in [5.74, 6) is 1.04. The molecule has 0 saturated heterocycles. The zero-order chi connectivity index (χ0) is 12.7. The van der Waals surface area contributed by atoms with Gasteiger partial charge in [-0.05, 0) is 56.7 Å². The van der Waals surface area contributed by atoms with Gasteiger partial charge < -0.3 is 10.5 Å². The summed E-state index contributed by atoms with van der Waals surface area (Å²) in [5, 5.41) is 0. The lowest BCUT2D eigenvalue weighted by Gasteiger charge is -2.12. The van der Waals surface area contributed by atoms with Crippen molar-refractivity contribution < 1.29 is 4.74 Å². The van der Waals surface area contributed by atoms with Crippen LogP contribution in [-0.2, 0) is 12.8 Å². The Balaban J connectivity index is 2.70. The van der Waals surface area contributed by atoms with Crippen molar-refractivity contribution in [3.05, 3.63) is 29.3 Å². The van der Waals surface area contributed by atoms with E-state index in [-0.39, 0.29) is 0 Å². The van der Waals surface area contributed by atoms with Crippen LogP contribution in [0.3, 0.4) is 0 Å². The van der Waals surface area contributed by atoms with Gasteiger partial charge in [-0.3, -0.25) is 0 Å². The van der Waals surface area contributed by atoms with Crippen LogP contribution in [0.4, 0.5) is 0 Å². The van der Waals surface area contributed by atoms with Gasteiger partial charge in [0.25, 0.3) is 0 Å². The van der Waals surface area contributed by atoms with Gasteiger partial charge in [0.15, 0.2) is 0 Å². The number of hydrogen-bond acceptors (Lipinski definition) is 2. The molecule has 0 aliphatic rings. The third-order valence-electron chi connectivity index (χ3n) is 2.94. The summed E-state index contributed by atoms with van der Waals surface area (Å²) in [6, 6.07) is 6.82. The highest BCUT2D eigenvalue weighted by molar-refractivity contribution is 5.37. The van der Waals surface area contributed by atoms with Crippen molar-refractivity contribution in [3.63, 3.8) is 0 Å². The third-order valence-corrected chi connectivity index (χ3v) is 2.94. The normalized spacial score (nSPS) is 12.5. The molecule has 1 atom stereocenters. The first-order valence-corrected chi connectivity index (χ1v) is 6.67. The molecule has 0 saturated carbocycles. The molecule has 0 aliphatic heterocycles. The van der Waals surface area contributed by atoms with Crippen LogP contribution < -0.4 is 10.5 Å². The molecule has 0 radical (unpaired) electrons. The molecule has 0 fully saturated rings. The van der Waals surface area contributed by atoms with Gasteiger partial charge in [0, 0.05) is 6.04 Å². The van der Waals surface area contributed by atoms with E-state index in [0.717, 1.165) is 38.0 Å². The van der Waals surface area contributed by atoms with E-state index in [0.29, 0.717) is 6.04 Å². The molecule has 0 aromatic heterocycles. The van der Waals surface area contributed by atoms with Crippen LogP contribution in [0.2, 0.25) is 0 Å². The maximum atomic E-state index is 5.78. The van der Waals surface area contributed by atoms with Crippen LogP contribution in [-0.4, -0.2) is 12.6 Å². The molecule has 1 rings (SSSR count). The first-order chi connectivity index (χ1) is 8.17. The quantitative estimate of drug-likeness (QED) is 0.787. The van der Waals surface area contributed by atoms with Crippen LogP contribution in [0.1, 0.15) is 44.7 Å². The predicted molar refractivity (Wildman–Crippen MR) is 73.6 cm³/mol. The lowest BCUT2D eigenvalue weighted by Crippen LogP contribution is -2.14. The fourth-order valence-corrected chi connectivity index (χ4v) is 1.96. The monoisotopic (exact) mass is 235 g/mol. The van der Waals surface area contributed by atoms with E-state index in [1.165, 1.54) is 11.1 Å². The van der Waals surface area contributed by atoms with Crippen molar-refractivity contribution in [3.8, 4) is 5.75 Å². The van der Waals surface area contributed by atoms with Crippen LogP contribution in [0, 0.1) is 0 Å². The van der Waals surface area contributed by atoms with E-state index in [1.807, 2.05) is 6.92 Å². The molecule has 0 bridgehead atoms. The first kappa shape index (κ1) is 14.0. The van der Waals surface area contributed by atoms with Crippen molar-refractivity contribution in [1.29, 1.82) is 0 Å². The summed E-state index contributed by atoms with van der Waals surface area (Å²) >= 11 is 0. The summed E-state index contributed by atoms with van der Waals surface area (Å²) in [5.41, 5.74) is 8.48. The lowest BCUT2D eigenvalue weighted by molar-refractivity contribution is 0.336. The third kappa shape index (κ3) is 4.78. The van der Waals surface area contributed by atoms with Crippen molar-refractivity contribution >= 4 is 0 Å². The van der Waals surface area contributed by atoms with Gasteiger partial charge in [-0.25, -0.2) is 0 Å². The smallest absolute Gasteiger partial charge is 0.122 e. The van der Waals surface area contributed by atoms with Crippen molar-refractivity contribution in [1.82, 2.24) is 0 Å². The van der Waals surface area contributed by atoms with Crippen molar-refractivity contribution in [2.24, 2.45) is 5.73 Å². The summed E-state index contributed by atoms with van der Waals surface area (Å²) in [6.07, 6.45) is 4.34. The number of aryl methyl sites for hydroxylation is 2. The molecular formula is C15H25NO. The molecule has 0 spiro atoms. The molecule has 96 valence electrons. The average Bonchev–Trinajstić information content (AvgIpc) is 2.31. The Labute approximate surface area is 105 Å². The van der Waals surface area contributed by atoms with E-state index < -0.39 is 0 Å². The standard InChI is InChI=1S/C15H25NO/c1-4-13-9-10-15(17-5-2)14(11-13)8-6-7-12(3)16/h9-12H,4-8,16H2,1-3H3. The van der Waals surface area contributed by atoms with Crippen LogP contribution in [0.5, 0.6) is 5.75 Å². The Bertz CT molecular complexity index is 334. The summed E-state index contributed by atoms with van der Waals surface area (Å²) in [4.78, 5) is 0. The molecule has 2 heteroatoms. The van der Waals surface area contributed by atoms with Gasteiger partial charge >= 0.3 is 0 Å². The van der Waals surface area contributed by atoms with Crippen molar-refractivity contribution in [2.45, 2.75) is 52.5 Å². The zero-order valence-electron chi connectivity index (χ0n) is 11.3. The Kier molecular flexibility index (Phi) is 6.06. The van der Waals surface area contributed by atoms with E-state index in [2.05, 4.69) is 32.0 Å². The molecule has 1 aromatic carbocycles. The highest BCUT2D eigenvalue weighted by Crippen LogP contribution is 2.22.